The molecule has 0 heterocycles. The molecule has 16 rings (SSSR count). The summed E-state index contributed by atoms with van der Waals surface area (Å²) in [5.41, 5.74) is 36.6. The summed E-state index contributed by atoms with van der Waals surface area (Å²) in [6.45, 7) is 17.0. The summed E-state index contributed by atoms with van der Waals surface area (Å²) in [7, 11) is 0. The highest BCUT2D eigenvalue weighted by atomic mass is 16.3. The molecule has 0 aliphatic carbocycles. The van der Waals surface area contributed by atoms with Crippen LogP contribution in [0.25, 0.3) is 68.1 Å². The maximum Gasteiger partial charge on any atom is 0.0681 e. The first-order chi connectivity index (χ1) is 55.7. The number of hydrogen-bond acceptors (Lipinski definition) is 4. The number of anilines is 6. The van der Waals surface area contributed by atoms with Crippen LogP contribution in [-0.4, -0.2) is 10.2 Å². The summed E-state index contributed by atoms with van der Waals surface area (Å²) in [6.07, 6.45) is 9.25. The van der Waals surface area contributed by atoms with Crippen LogP contribution in [0.2, 0.25) is 0 Å². The van der Waals surface area contributed by atoms with Crippen molar-refractivity contribution in [1.82, 2.24) is 0 Å². The van der Waals surface area contributed by atoms with E-state index >= 15 is 0 Å². The third kappa shape index (κ3) is 17.3. The standard InChI is InChI=1S/C56H49NO.C54H45NO/c1-38-10-21-45(22-11-38)53(46-23-12-39(2)13-24-46)35-43-18-30-50(31-19-43)57(55-32-20-44(37-58)34-42(55)5)56-33-29-49(51-8-6-7-9-52(51)56)36-54(47-25-14-40(3)15-26-47)48-27-16-41(4)17-28-48;1-38-18-25-45(26-19-38)51(46-27-20-39(2)21-28-46)35-41-22-30-48(31-23-41)55(53-32-24-42(37-56)34-40(53)3)54-33-29-47(49-16-10-11-17-50(49)54)36-52(43-12-6-4-7-13-43)44-14-8-5-9-15-44/h6-36,58H,37H2,1-5H3;4-36,56H,37H2,1-3H3. The van der Waals surface area contributed by atoms with Crippen molar-refractivity contribution >= 4 is 102 Å². The molecule has 2 N–H and O–H groups in total. The first kappa shape index (κ1) is 75.9. The van der Waals surface area contributed by atoms with Crippen LogP contribution < -0.4 is 9.80 Å². The monoisotopic (exact) mass is 1470 g/mol. The van der Waals surface area contributed by atoms with E-state index < -0.39 is 0 Å². The molecule has 0 bridgehead atoms. The number of hydrogen-bond donors (Lipinski definition) is 2. The van der Waals surface area contributed by atoms with Crippen LogP contribution in [-0.2, 0) is 13.2 Å². The molecule has 0 fully saturated rings. The van der Waals surface area contributed by atoms with Crippen LogP contribution in [0.15, 0.2) is 364 Å². The Bertz CT molecular complexity index is 5990. The van der Waals surface area contributed by atoms with Gasteiger partial charge < -0.3 is 20.0 Å². The summed E-state index contributed by atoms with van der Waals surface area (Å²) in [6, 6.07) is 131. The lowest BCUT2D eigenvalue weighted by Crippen LogP contribution is -2.12. The largest absolute Gasteiger partial charge is 0.392 e. The van der Waals surface area contributed by atoms with Gasteiger partial charge in [0.15, 0.2) is 0 Å². The number of fused-ring (bicyclic) bond motifs is 2. The molecule has 0 unspecified atom stereocenters. The van der Waals surface area contributed by atoms with E-state index in [4.69, 9.17) is 0 Å². The molecule has 16 aromatic carbocycles. The molecule has 556 valence electrons. The quantitative estimate of drug-likeness (QED) is 0.0747. The Balaban J connectivity index is 0.000000180. The Labute approximate surface area is 672 Å². The number of aryl methyl sites for hydroxylation is 8. The molecule has 0 saturated carbocycles. The van der Waals surface area contributed by atoms with Crippen molar-refractivity contribution in [1.29, 1.82) is 0 Å². The van der Waals surface area contributed by atoms with E-state index in [0.717, 1.165) is 89.4 Å². The highest BCUT2D eigenvalue weighted by Crippen LogP contribution is 2.46. The number of aliphatic hydroxyl groups is 2. The molecule has 0 saturated heterocycles. The lowest BCUT2D eigenvalue weighted by molar-refractivity contribution is 0.281. The Morgan fingerprint density at radius 1 is 0.228 bits per heavy atom. The molecule has 0 spiro atoms. The maximum atomic E-state index is 10.0. The van der Waals surface area contributed by atoms with Crippen molar-refractivity contribution in [3.05, 3.63) is 486 Å². The van der Waals surface area contributed by atoms with Gasteiger partial charge in [0, 0.05) is 33.5 Å². The van der Waals surface area contributed by atoms with Crippen molar-refractivity contribution in [3.63, 3.8) is 0 Å². The van der Waals surface area contributed by atoms with Gasteiger partial charge in [-0.25, -0.2) is 0 Å². The molecule has 0 amide bonds. The van der Waals surface area contributed by atoms with E-state index in [1.165, 1.54) is 111 Å². The first-order valence-electron chi connectivity index (χ1n) is 39.3. The van der Waals surface area contributed by atoms with Crippen LogP contribution in [0.5, 0.6) is 0 Å². The molecule has 0 aliphatic heterocycles. The second-order valence-corrected chi connectivity index (χ2v) is 30.0. The highest BCUT2D eigenvalue weighted by molar-refractivity contribution is 6.08. The Kier molecular flexibility index (Phi) is 23.2. The normalized spacial score (nSPS) is 11.0. The molecule has 16 aromatic rings. The summed E-state index contributed by atoms with van der Waals surface area (Å²) in [5.74, 6) is 0. The Hall–Kier alpha value is -13.5. The van der Waals surface area contributed by atoms with E-state index in [0.29, 0.717) is 0 Å². The predicted molar refractivity (Wildman–Crippen MR) is 486 cm³/mol. The second kappa shape index (κ2) is 34.8. The lowest BCUT2D eigenvalue weighted by atomic mass is 9.92. The summed E-state index contributed by atoms with van der Waals surface area (Å²) in [4.78, 5) is 4.72. The average molecular weight is 1480 g/mol. The third-order valence-electron chi connectivity index (χ3n) is 21.6. The van der Waals surface area contributed by atoms with Gasteiger partial charge in [-0.3, -0.25) is 0 Å². The summed E-state index contributed by atoms with van der Waals surface area (Å²) < 4.78 is 0. The third-order valence-corrected chi connectivity index (χ3v) is 21.6. The van der Waals surface area contributed by atoms with Gasteiger partial charge in [0.05, 0.1) is 24.6 Å². The van der Waals surface area contributed by atoms with Crippen LogP contribution in [0.1, 0.15) is 122 Å². The number of aliphatic hydroxyl groups excluding tert-OH is 2. The maximum absolute atomic E-state index is 10.0. The molecule has 0 aromatic heterocycles. The van der Waals surface area contributed by atoms with Crippen molar-refractivity contribution in [3.8, 4) is 0 Å². The van der Waals surface area contributed by atoms with Crippen LogP contribution in [0, 0.1) is 55.4 Å². The van der Waals surface area contributed by atoms with Gasteiger partial charge in [0.25, 0.3) is 0 Å². The van der Waals surface area contributed by atoms with E-state index in [9.17, 15) is 10.2 Å². The van der Waals surface area contributed by atoms with Crippen LogP contribution >= 0.6 is 0 Å². The average Bonchev–Trinajstić information content (AvgIpc) is 0.765. The van der Waals surface area contributed by atoms with Gasteiger partial charge >= 0.3 is 0 Å². The van der Waals surface area contributed by atoms with Crippen molar-refractivity contribution in [2.24, 2.45) is 0 Å². The summed E-state index contributed by atoms with van der Waals surface area (Å²) >= 11 is 0. The Morgan fingerprint density at radius 3 is 0.746 bits per heavy atom. The zero-order valence-electron chi connectivity index (χ0n) is 66.2. The minimum absolute atomic E-state index is 0.000707. The zero-order valence-corrected chi connectivity index (χ0v) is 66.2. The number of nitrogens with zero attached hydrogens (tertiary/aromatic N) is 2. The molecular formula is C110H94N2O2. The zero-order chi connectivity index (χ0) is 78.6. The number of benzene rings is 16. The molecule has 0 aliphatic rings. The van der Waals surface area contributed by atoms with E-state index in [1.807, 2.05) is 12.1 Å². The molecule has 114 heavy (non-hydrogen) atoms. The van der Waals surface area contributed by atoms with Gasteiger partial charge in [-0.1, -0.05) is 349 Å². The minimum atomic E-state index is 0.000707. The van der Waals surface area contributed by atoms with E-state index in [1.54, 1.807) is 0 Å². The highest BCUT2D eigenvalue weighted by Gasteiger charge is 2.23. The topological polar surface area (TPSA) is 46.9 Å². The van der Waals surface area contributed by atoms with Gasteiger partial charge in [0.1, 0.15) is 0 Å². The fourth-order valence-electron chi connectivity index (χ4n) is 15.3. The van der Waals surface area contributed by atoms with Crippen LogP contribution in [0.3, 0.4) is 0 Å². The molecule has 0 atom stereocenters. The van der Waals surface area contributed by atoms with Crippen molar-refractivity contribution in [2.45, 2.75) is 68.6 Å². The van der Waals surface area contributed by atoms with Gasteiger partial charge in [0.2, 0.25) is 0 Å². The van der Waals surface area contributed by atoms with E-state index in [-0.39, 0.29) is 13.2 Å². The molecule has 0 radical (unpaired) electrons. The second-order valence-electron chi connectivity index (χ2n) is 30.0. The Morgan fingerprint density at radius 2 is 0.474 bits per heavy atom. The van der Waals surface area contributed by atoms with Gasteiger partial charge in [-0.05, 0) is 250 Å². The minimum Gasteiger partial charge on any atom is -0.392 e. The smallest absolute Gasteiger partial charge is 0.0681 e. The van der Waals surface area contributed by atoms with Crippen molar-refractivity contribution < 1.29 is 10.2 Å². The molecule has 4 heteroatoms. The van der Waals surface area contributed by atoms with Crippen LogP contribution in [0.4, 0.5) is 34.1 Å². The van der Waals surface area contributed by atoms with E-state index in [2.05, 4.69) is 441 Å². The fourth-order valence-corrected chi connectivity index (χ4v) is 15.3. The SMILES string of the molecule is Cc1ccc(C(=Cc2ccc(N(c3ccc(CO)cc3C)c3ccc(C=C(c4ccc(C)cc4)c4ccc(C)cc4)c4ccccc34)cc2)c2ccc(C)cc2)cc1.Cc1ccc(C(=Cc2ccc(N(c3ccc(CO)cc3C)c3ccc(C=C(c4ccccc4)c4ccccc4)c4ccccc34)cc2)c2ccc(C)cc2)cc1. The molecule has 4 nitrogen and oxygen atoms in total. The van der Waals surface area contributed by atoms with Gasteiger partial charge in [-0.2, -0.15) is 0 Å². The number of rotatable bonds is 20. The van der Waals surface area contributed by atoms with Crippen molar-refractivity contribution in [2.75, 3.05) is 9.80 Å². The lowest BCUT2D eigenvalue weighted by Gasteiger charge is -2.29. The molecular weight excluding hydrogens is 1380 g/mol. The van der Waals surface area contributed by atoms with Gasteiger partial charge in [-0.15, -0.1) is 0 Å². The first-order valence-corrected chi connectivity index (χ1v) is 39.3. The summed E-state index contributed by atoms with van der Waals surface area (Å²) in [5, 5.41) is 24.7. The fraction of sp³-hybridized carbons (Fsp3) is 0.0909. The predicted octanol–water partition coefficient (Wildman–Crippen LogP) is 28.4.